The number of ether oxygens (including phenoxy) is 1. The van der Waals surface area contributed by atoms with Gasteiger partial charge in [-0.2, -0.15) is 0 Å². The molecule has 0 heterocycles. The van der Waals surface area contributed by atoms with Crippen LogP contribution < -0.4 is 4.74 Å². The molecule has 0 aliphatic carbocycles. The van der Waals surface area contributed by atoms with Crippen LogP contribution in [0.25, 0.3) is 0 Å². The second-order valence-corrected chi connectivity index (χ2v) is 6.73. The molecule has 1 atom stereocenters. The first-order valence-corrected chi connectivity index (χ1v) is 8.36. The Bertz CT molecular complexity index is 588. The number of alkyl halides is 1. The molecule has 0 spiro atoms. The predicted molar refractivity (Wildman–Crippen MR) is 92.0 cm³/mol. The molecule has 2 rings (SSSR count). The van der Waals surface area contributed by atoms with Crippen molar-refractivity contribution >= 4 is 31.9 Å². The summed E-state index contributed by atoms with van der Waals surface area (Å²) in [6.45, 7) is 6.92. The number of rotatable bonds is 4. The normalized spacial score (nSPS) is 12.2. The largest absolute Gasteiger partial charge is 0.494 e. The van der Waals surface area contributed by atoms with Gasteiger partial charge in [0.25, 0.3) is 0 Å². The van der Waals surface area contributed by atoms with Gasteiger partial charge in [-0.15, -0.1) is 0 Å². The average molecular weight is 398 g/mol. The van der Waals surface area contributed by atoms with Gasteiger partial charge in [-0.3, -0.25) is 0 Å². The SMILES string of the molecule is CCOc1ccc(Br)cc1C(Br)c1cc(C)cc(C)c1. The third-order valence-corrected chi connectivity index (χ3v) is 4.60. The molecule has 0 aliphatic rings. The summed E-state index contributed by atoms with van der Waals surface area (Å²) in [5.74, 6) is 0.928. The van der Waals surface area contributed by atoms with E-state index in [-0.39, 0.29) is 4.83 Å². The van der Waals surface area contributed by atoms with Gasteiger partial charge in [0.05, 0.1) is 11.4 Å². The molecule has 0 fully saturated rings. The van der Waals surface area contributed by atoms with Crippen molar-refractivity contribution in [3.8, 4) is 5.75 Å². The van der Waals surface area contributed by atoms with Crippen LogP contribution in [0.5, 0.6) is 5.75 Å². The molecule has 20 heavy (non-hydrogen) atoms. The second kappa shape index (κ2) is 6.77. The zero-order valence-corrected chi connectivity index (χ0v) is 15.1. The molecule has 1 unspecified atom stereocenters. The Morgan fingerprint density at radius 1 is 1.05 bits per heavy atom. The monoisotopic (exact) mass is 396 g/mol. The van der Waals surface area contributed by atoms with Gasteiger partial charge in [0, 0.05) is 10.0 Å². The maximum atomic E-state index is 5.74. The van der Waals surface area contributed by atoms with Crippen molar-refractivity contribution in [2.45, 2.75) is 25.6 Å². The highest BCUT2D eigenvalue weighted by Gasteiger charge is 2.16. The van der Waals surface area contributed by atoms with Crippen molar-refractivity contribution in [1.82, 2.24) is 0 Å². The summed E-state index contributed by atoms with van der Waals surface area (Å²) in [5, 5.41) is 0. The first kappa shape index (κ1) is 15.6. The van der Waals surface area contributed by atoms with E-state index >= 15 is 0 Å². The van der Waals surface area contributed by atoms with Crippen LogP contribution in [0.3, 0.4) is 0 Å². The number of aryl methyl sites for hydroxylation is 2. The molecule has 1 nitrogen and oxygen atoms in total. The highest BCUT2D eigenvalue weighted by atomic mass is 79.9. The van der Waals surface area contributed by atoms with Crippen molar-refractivity contribution in [1.29, 1.82) is 0 Å². The summed E-state index contributed by atoms with van der Waals surface area (Å²) in [6.07, 6.45) is 0. The Morgan fingerprint density at radius 2 is 1.70 bits per heavy atom. The Labute approximate surface area is 137 Å². The lowest BCUT2D eigenvalue weighted by molar-refractivity contribution is 0.337. The van der Waals surface area contributed by atoms with Crippen LogP contribution in [-0.2, 0) is 0 Å². The average Bonchev–Trinajstić information content (AvgIpc) is 2.39. The van der Waals surface area contributed by atoms with E-state index in [2.05, 4.69) is 70.0 Å². The van der Waals surface area contributed by atoms with Crippen LogP contribution in [0.1, 0.15) is 34.0 Å². The zero-order chi connectivity index (χ0) is 14.7. The van der Waals surface area contributed by atoms with E-state index in [1.165, 1.54) is 16.7 Å². The summed E-state index contributed by atoms with van der Waals surface area (Å²) in [5.41, 5.74) is 4.95. The number of halogens is 2. The molecular weight excluding hydrogens is 380 g/mol. The quantitative estimate of drug-likeness (QED) is 0.579. The molecule has 0 aromatic heterocycles. The summed E-state index contributed by atoms with van der Waals surface area (Å²) < 4.78 is 6.80. The standard InChI is InChI=1S/C17H18Br2O/c1-4-20-16-6-5-14(18)10-15(16)17(19)13-8-11(2)7-12(3)9-13/h5-10,17H,4H2,1-3H3. The van der Waals surface area contributed by atoms with Gasteiger partial charge in [-0.25, -0.2) is 0 Å². The van der Waals surface area contributed by atoms with Crippen LogP contribution >= 0.6 is 31.9 Å². The van der Waals surface area contributed by atoms with Gasteiger partial charge >= 0.3 is 0 Å². The molecule has 0 aliphatic heterocycles. The van der Waals surface area contributed by atoms with Gasteiger partial charge in [0.15, 0.2) is 0 Å². The summed E-state index contributed by atoms with van der Waals surface area (Å²) in [4.78, 5) is 0.125. The maximum absolute atomic E-state index is 5.74. The van der Waals surface area contributed by atoms with E-state index in [0.29, 0.717) is 6.61 Å². The fraction of sp³-hybridized carbons (Fsp3) is 0.294. The van der Waals surface area contributed by atoms with E-state index < -0.39 is 0 Å². The predicted octanol–water partition coefficient (Wildman–Crippen LogP) is 5.95. The lowest BCUT2D eigenvalue weighted by Crippen LogP contribution is -2.00. The summed E-state index contributed by atoms with van der Waals surface area (Å²) in [7, 11) is 0. The molecule has 0 bridgehead atoms. The number of hydrogen-bond donors (Lipinski definition) is 0. The molecule has 0 amide bonds. The fourth-order valence-electron chi connectivity index (χ4n) is 2.34. The van der Waals surface area contributed by atoms with Crippen molar-refractivity contribution in [3.05, 3.63) is 63.1 Å². The molecule has 2 aromatic rings. The minimum Gasteiger partial charge on any atom is -0.494 e. The lowest BCUT2D eigenvalue weighted by atomic mass is 10.00. The van der Waals surface area contributed by atoms with Gasteiger partial charge in [-0.05, 0) is 44.5 Å². The van der Waals surface area contributed by atoms with Crippen LogP contribution in [0.4, 0.5) is 0 Å². The lowest BCUT2D eigenvalue weighted by Gasteiger charge is -2.17. The van der Waals surface area contributed by atoms with Gasteiger partial charge < -0.3 is 4.74 Å². The molecule has 3 heteroatoms. The Kier molecular flexibility index (Phi) is 5.28. The number of hydrogen-bond acceptors (Lipinski definition) is 1. The van der Waals surface area contributed by atoms with Gasteiger partial charge in [0.2, 0.25) is 0 Å². The third-order valence-electron chi connectivity index (χ3n) is 3.08. The molecule has 0 radical (unpaired) electrons. The number of benzene rings is 2. The summed E-state index contributed by atoms with van der Waals surface area (Å²) >= 11 is 7.36. The molecular formula is C17H18Br2O. The Balaban J connectivity index is 2.46. The van der Waals surface area contributed by atoms with Crippen molar-refractivity contribution in [3.63, 3.8) is 0 Å². The minimum atomic E-state index is 0.125. The smallest absolute Gasteiger partial charge is 0.124 e. The molecule has 0 saturated carbocycles. The topological polar surface area (TPSA) is 9.23 Å². The zero-order valence-electron chi connectivity index (χ0n) is 11.9. The van der Waals surface area contributed by atoms with E-state index in [4.69, 9.17) is 4.74 Å². The second-order valence-electron chi connectivity index (χ2n) is 4.90. The maximum Gasteiger partial charge on any atom is 0.124 e. The van der Waals surface area contributed by atoms with E-state index in [0.717, 1.165) is 15.8 Å². The molecule has 0 saturated heterocycles. The first-order chi connectivity index (χ1) is 9.51. The summed E-state index contributed by atoms with van der Waals surface area (Å²) in [6, 6.07) is 12.7. The highest BCUT2D eigenvalue weighted by Crippen LogP contribution is 2.38. The van der Waals surface area contributed by atoms with Gasteiger partial charge in [0.1, 0.15) is 5.75 Å². The van der Waals surface area contributed by atoms with E-state index in [1.807, 2.05) is 19.1 Å². The van der Waals surface area contributed by atoms with Crippen LogP contribution in [0.15, 0.2) is 40.9 Å². The van der Waals surface area contributed by atoms with Crippen molar-refractivity contribution < 1.29 is 4.74 Å². The van der Waals surface area contributed by atoms with Crippen molar-refractivity contribution in [2.75, 3.05) is 6.61 Å². The van der Waals surface area contributed by atoms with Crippen LogP contribution in [0, 0.1) is 13.8 Å². The fourth-order valence-corrected chi connectivity index (χ4v) is 3.34. The molecule has 2 aromatic carbocycles. The Hall–Kier alpha value is -0.800. The Morgan fingerprint density at radius 3 is 2.30 bits per heavy atom. The van der Waals surface area contributed by atoms with Gasteiger partial charge in [-0.1, -0.05) is 61.2 Å². The first-order valence-electron chi connectivity index (χ1n) is 6.65. The van der Waals surface area contributed by atoms with Crippen LogP contribution in [-0.4, -0.2) is 6.61 Å². The molecule has 0 N–H and O–H groups in total. The molecule has 106 valence electrons. The van der Waals surface area contributed by atoms with E-state index in [1.54, 1.807) is 0 Å². The van der Waals surface area contributed by atoms with E-state index in [9.17, 15) is 0 Å². The van der Waals surface area contributed by atoms with Crippen LogP contribution in [0.2, 0.25) is 0 Å². The van der Waals surface area contributed by atoms with Crippen molar-refractivity contribution in [2.24, 2.45) is 0 Å². The third kappa shape index (κ3) is 3.64. The highest BCUT2D eigenvalue weighted by molar-refractivity contribution is 9.10. The minimum absolute atomic E-state index is 0.125.